The molecule has 4 aromatic rings. The predicted molar refractivity (Wildman–Crippen MR) is 148 cm³/mol. The lowest BCUT2D eigenvalue weighted by Crippen LogP contribution is -2.26. The lowest BCUT2D eigenvalue weighted by molar-refractivity contribution is 0.0749. The Balaban J connectivity index is 1.40. The van der Waals surface area contributed by atoms with E-state index in [4.69, 9.17) is 5.10 Å². The Morgan fingerprint density at radius 1 is 0.974 bits per heavy atom. The Bertz CT molecular complexity index is 1530. The highest BCUT2D eigenvalue weighted by Crippen LogP contribution is 2.39. The number of nitrogens with one attached hydrogen (secondary N) is 1. The first kappa shape index (κ1) is 25.0. The summed E-state index contributed by atoms with van der Waals surface area (Å²) < 4.78 is 16.9. The zero-order chi connectivity index (χ0) is 27.1. The maximum atomic E-state index is 15.1. The van der Waals surface area contributed by atoms with E-state index in [2.05, 4.69) is 5.32 Å². The van der Waals surface area contributed by atoms with Gasteiger partial charge in [0.1, 0.15) is 28.7 Å². The fraction of sp³-hybridized carbons (Fsp3) is 0.290. The van der Waals surface area contributed by atoms with Crippen LogP contribution in [0.2, 0.25) is 0 Å². The van der Waals surface area contributed by atoms with E-state index in [1.807, 2.05) is 28.9 Å². The van der Waals surface area contributed by atoms with Gasteiger partial charge in [0.25, 0.3) is 5.91 Å². The number of amides is 1. The van der Waals surface area contributed by atoms with Crippen molar-refractivity contribution in [2.75, 3.05) is 5.32 Å². The van der Waals surface area contributed by atoms with Crippen LogP contribution in [0.3, 0.4) is 0 Å². The van der Waals surface area contributed by atoms with Crippen LogP contribution in [0.1, 0.15) is 65.2 Å². The average Bonchev–Trinajstić information content (AvgIpc) is 3.55. The van der Waals surface area contributed by atoms with Gasteiger partial charge < -0.3 is 20.4 Å². The molecule has 1 aliphatic heterocycles. The van der Waals surface area contributed by atoms with Crippen LogP contribution in [-0.4, -0.2) is 30.8 Å². The fourth-order valence-corrected chi connectivity index (χ4v) is 5.78. The summed E-state index contributed by atoms with van der Waals surface area (Å²) in [7, 11) is 0. The Hall–Kier alpha value is -4.33. The monoisotopic (exact) mass is 526 g/mol. The highest BCUT2D eigenvalue weighted by atomic mass is 19.1. The van der Waals surface area contributed by atoms with Gasteiger partial charge in [-0.2, -0.15) is 5.10 Å². The molecule has 1 fully saturated rings. The van der Waals surface area contributed by atoms with Gasteiger partial charge in [0.05, 0.1) is 17.4 Å². The maximum Gasteiger partial charge on any atom is 0.260 e. The number of benzene rings is 3. The zero-order valence-corrected chi connectivity index (χ0v) is 21.8. The molecule has 0 saturated heterocycles. The minimum absolute atomic E-state index is 0.0697. The zero-order valence-electron chi connectivity index (χ0n) is 21.8. The van der Waals surface area contributed by atoms with Gasteiger partial charge in [0.15, 0.2) is 0 Å². The summed E-state index contributed by atoms with van der Waals surface area (Å²) in [5, 5.41) is 29.3. The van der Waals surface area contributed by atoms with E-state index in [1.54, 1.807) is 36.1 Å². The number of anilines is 2. The largest absolute Gasteiger partial charge is 0.508 e. The Morgan fingerprint density at radius 2 is 1.69 bits per heavy atom. The number of rotatable bonds is 5. The second-order valence-corrected chi connectivity index (χ2v) is 10.5. The molecule has 1 aromatic heterocycles. The number of aromatic nitrogens is 2. The molecule has 2 aliphatic rings. The number of hydrogen-bond donors (Lipinski definition) is 3. The molecule has 3 aromatic carbocycles. The minimum atomic E-state index is -0.347. The van der Waals surface area contributed by atoms with Crippen molar-refractivity contribution in [3.8, 4) is 22.8 Å². The molecule has 0 unspecified atom stereocenters. The second-order valence-electron chi connectivity index (χ2n) is 10.5. The number of phenols is 2. The molecule has 2 heterocycles. The van der Waals surface area contributed by atoms with Gasteiger partial charge >= 0.3 is 0 Å². The van der Waals surface area contributed by atoms with Crippen molar-refractivity contribution in [3.05, 3.63) is 88.7 Å². The van der Waals surface area contributed by atoms with Crippen LogP contribution < -0.4 is 5.32 Å². The third-order valence-corrected chi connectivity index (χ3v) is 7.83. The van der Waals surface area contributed by atoms with Crippen molar-refractivity contribution in [2.24, 2.45) is 0 Å². The van der Waals surface area contributed by atoms with Gasteiger partial charge in [0, 0.05) is 36.9 Å². The molecule has 6 rings (SSSR count). The lowest BCUT2D eigenvalue weighted by atomic mass is 9.96. The predicted octanol–water partition coefficient (Wildman–Crippen LogP) is 6.81. The van der Waals surface area contributed by atoms with E-state index in [0.29, 0.717) is 35.7 Å². The molecule has 3 N–H and O–H groups in total. The first-order chi connectivity index (χ1) is 18.9. The topological polar surface area (TPSA) is 90.6 Å². The number of phenolic OH excluding ortho intramolecular Hbond substituents is 2. The van der Waals surface area contributed by atoms with E-state index in [-0.39, 0.29) is 40.5 Å². The van der Waals surface area contributed by atoms with Crippen molar-refractivity contribution in [1.29, 1.82) is 0 Å². The average molecular weight is 527 g/mol. The molecular formula is C31H31FN4O3. The lowest BCUT2D eigenvalue weighted by Gasteiger charge is -2.25. The maximum absolute atomic E-state index is 15.1. The number of halogens is 1. The highest BCUT2D eigenvalue weighted by molar-refractivity contribution is 6.03. The first-order valence-corrected chi connectivity index (χ1v) is 13.4. The van der Waals surface area contributed by atoms with E-state index < -0.39 is 0 Å². The minimum Gasteiger partial charge on any atom is -0.508 e. The first-order valence-electron chi connectivity index (χ1n) is 13.4. The molecule has 0 atom stereocenters. The molecule has 1 aliphatic carbocycles. The number of aromatic hydroxyl groups is 2. The third-order valence-electron chi connectivity index (χ3n) is 7.83. The van der Waals surface area contributed by atoms with Gasteiger partial charge in [-0.1, -0.05) is 55.7 Å². The molecule has 0 bridgehead atoms. The van der Waals surface area contributed by atoms with Gasteiger partial charge in [0.2, 0.25) is 0 Å². The van der Waals surface area contributed by atoms with Gasteiger partial charge in [-0.3, -0.25) is 4.79 Å². The van der Waals surface area contributed by atoms with Crippen LogP contribution >= 0.6 is 0 Å². The fourth-order valence-electron chi connectivity index (χ4n) is 5.78. The number of fused-ring (bicyclic) bond motifs is 1. The van der Waals surface area contributed by atoms with Crippen molar-refractivity contribution in [2.45, 2.75) is 58.2 Å². The van der Waals surface area contributed by atoms with Crippen LogP contribution in [0.5, 0.6) is 11.5 Å². The number of carbonyl (C=O) groups excluding carboxylic acids is 1. The highest BCUT2D eigenvalue weighted by Gasteiger charge is 2.29. The second kappa shape index (κ2) is 10.1. The smallest absolute Gasteiger partial charge is 0.260 e. The number of hydrogen-bond acceptors (Lipinski definition) is 5. The summed E-state index contributed by atoms with van der Waals surface area (Å²) >= 11 is 0. The van der Waals surface area contributed by atoms with Crippen LogP contribution in [0.25, 0.3) is 11.3 Å². The van der Waals surface area contributed by atoms with Crippen molar-refractivity contribution < 1.29 is 19.4 Å². The molecule has 7 nitrogen and oxygen atoms in total. The molecule has 0 spiro atoms. The Morgan fingerprint density at radius 3 is 2.41 bits per heavy atom. The molecule has 200 valence electrons. The van der Waals surface area contributed by atoms with E-state index >= 15 is 4.39 Å². The van der Waals surface area contributed by atoms with Gasteiger partial charge in [-0.05, 0) is 42.5 Å². The summed E-state index contributed by atoms with van der Waals surface area (Å²) in [4.78, 5) is 15.4. The van der Waals surface area contributed by atoms with Crippen molar-refractivity contribution in [3.63, 3.8) is 0 Å². The van der Waals surface area contributed by atoms with Gasteiger partial charge in [-0.25, -0.2) is 9.07 Å². The van der Waals surface area contributed by atoms with Crippen molar-refractivity contribution in [1.82, 2.24) is 14.7 Å². The summed E-state index contributed by atoms with van der Waals surface area (Å²) in [6.07, 6.45) is 5.19. The van der Waals surface area contributed by atoms with E-state index in [9.17, 15) is 15.0 Å². The van der Waals surface area contributed by atoms with Crippen LogP contribution in [0.15, 0.2) is 60.7 Å². The molecule has 0 radical (unpaired) electrons. The van der Waals surface area contributed by atoms with E-state index in [0.717, 1.165) is 43.2 Å². The van der Waals surface area contributed by atoms with Crippen LogP contribution in [0, 0.1) is 12.7 Å². The number of aryl methyl sites for hydroxylation is 1. The van der Waals surface area contributed by atoms with E-state index in [1.165, 1.54) is 12.1 Å². The third kappa shape index (κ3) is 4.71. The standard InChI is InChI=1S/C31H31FN4O3/c1-19-8-7-13-24(30(19)32)25-16-28(36(34-25)22-11-3-2-4-12-22)33-26-14-23(37)15-27(38)29(26)31(39)35-17-20-9-5-6-10-21(20)18-35/h5-10,13-16,22,33,37-38H,2-4,11-12,17-18H2,1H3. The molecule has 1 amide bonds. The SMILES string of the molecule is Cc1cccc(-c2cc(Nc3cc(O)cc(O)c3C(=O)N3Cc4ccccc4C3)n(C3CCCCC3)n2)c1F. The molecule has 8 heteroatoms. The number of nitrogens with zero attached hydrogens (tertiary/aromatic N) is 3. The Kier molecular flexibility index (Phi) is 6.46. The number of carbonyl (C=O) groups is 1. The quantitative estimate of drug-likeness (QED) is 0.266. The van der Waals surface area contributed by atoms with Crippen LogP contribution in [0.4, 0.5) is 15.9 Å². The summed E-state index contributed by atoms with van der Waals surface area (Å²) in [6, 6.07) is 17.6. The normalized spacial score (nSPS) is 15.4. The summed E-state index contributed by atoms with van der Waals surface area (Å²) in [5.41, 5.74) is 3.89. The summed E-state index contributed by atoms with van der Waals surface area (Å²) in [5.74, 6) is -0.588. The van der Waals surface area contributed by atoms with Crippen molar-refractivity contribution >= 4 is 17.4 Å². The van der Waals surface area contributed by atoms with Gasteiger partial charge in [-0.15, -0.1) is 0 Å². The van der Waals surface area contributed by atoms with Crippen LogP contribution in [-0.2, 0) is 13.1 Å². The Labute approximate surface area is 226 Å². The molecule has 39 heavy (non-hydrogen) atoms. The molecule has 1 saturated carbocycles. The summed E-state index contributed by atoms with van der Waals surface area (Å²) in [6.45, 7) is 2.59. The molecular weight excluding hydrogens is 495 g/mol.